The predicted molar refractivity (Wildman–Crippen MR) is 145 cm³/mol. The molecule has 6 heteroatoms. The molecule has 1 unspecified atom stereocenters. The molecule has 36 heavy (non-hydrogen) atoms. The summed E-state index contributed by atoms with van der Waals surface area (Å²) in [4.78, 5) is 29.1. The van der Waals surface area contributed by atoms with Gasteiger partial charge in [0.15, 0.2) is 0 Å². The number of benzene rings is 4. The zero-order valence-electron chi connectivity index (χ0n) is 19.6. The summed E-state index contributed by atoms with van der Waals surface area (Å²) in [5.74, 6) is -0.436. The Labute approximate surface area is 221 Å². The van der Waals surface area contributed by atoms with E-state index in [1.54, 1.807) is 23.1 Å². The Bertz CT molecular complexity index is 1300. The van der Waals surface area contributed by atoms with E-state index in [2.05, 4.69) is 5.32 Å². The minimum Gasteiger partial charge on any atom is -0.350 e. The highest BCUT2D eigenvalue weighted by molar-refractivity contribution is 6.31. The molecule has 4 rings (SSSR count). The van der Waals surface area contributed by atoms with Crippen LogP contribution >= 0.6 is 23.2 Å². The lowest BCUT2D eigenvalue weighted by molar-refractivity contribution is -0.141. The fourth-order valence-electron chi connectivity index (χ4n) is 4.01. The molecule has 1 atom stereocenters. The SMILES string of the molecule is O=C(NCc1ccccc1Cl)C(c1ccccc1)N(Cc1ccc(Cl)cc1)C(=O)Cc1ccccc1. The van der Waals surface area contributed by atoms with Crippen LogP contribution in [0, 0.1) is 0 Å². The van der Waals surface area contributed by atoms with Gasteiger partial charge in [0.2, 0.25) is 11.8 Å². The maximum atomic E-state index is 13.7. The normalized spacial score (nSPS) is 11.5. The molecule has 0 heterocycles. The first-order valence-electron chi connectivity index (χ1n) is 11.6. The zero-order valence-corrected chi connectivity index (χ0v) is 21.1. The van der Waals surface area contributed by atoms with E-state index in [9.17, 15) is 9.59 Å². The van der Waals surface area contributed by atoms with E-state index in [4.69, 9.17) is 23.2 Å². The van der Waals surface area contributed by atoms with Gasteiger partial charge in [0.1, 0.15) is 6.04 Å². The summed E-state index contributed by atoms with van der Waals surface area (Å²) >= 11 is 12.4. The van der Waals surface area contributed by atoms with Crippen molar-refractivity contribution in [3.8, 4) is 0 Å². The van der Waals surface area contributed by atoms with E-state index in [0.29, 0.717) is 10.0 Å². The molecule has 0 aliphatic heterocycles. The Morgan fingerprint density at radius 3 is 2.00 bits per heavy atom. The number of hydrogen-bond acceptors (Lipinski definition) is 2. The van der Waals surface area contributed by atoms with Crippen molar-refractivity contribution in [1.82, 2.24) is 10.2 Å². The first-order chi connectivity index (χ1) is 17.5. The van der Waals surface area contributed by atoms with Gasteiger partial charge in [-0.3, -0.25) is 9.59 Å². The topological polar surface area (TPSA) is 49.4 Å². The Hall–Kier alpha value is -3.60. The first kappa shape index (κ1) is 25.5. The fourth-order valence-corrected chi connectivity index (χ4v) is 4.34. The van der Waals surface area contributed by atoms with Gasteiger partial charge in [-0.05, 0) is 40.5 Å². The van der Waals surface area contributed by atoms with E-state index < -0.39 is 6.04 Å². The molecule has 0 fully saturated rings. The average Bonchev–Trinajstić information content (AvgIpc) is 2.90. The molecule has 0 aliphatic rings. The van der Waals surface area contributed by atoms with Gasteiger partial charge in [-0.1, -0.05) is 114 Å². The van der Waals surface area contributed by atoms with Crippen LogP contribution in [0.15, 0.2) is 109 Å². The lowest BCUT2D eigenvalue weighted by atomic mass is 10.0. The molecule has 0 aliphatic carbocycles. The highest BCUT2D eigenvalue weighted by Gasteiger charge is 2.31. The summed E-state index contributed by atoms with van der Waals surface area (Å²) < 4.78 is 0. The number of carbonyl (C=O) groups is 2. The van der Waals surface area contributed by atoms with Crippen LogP contribution in [0.4, 0.5) is 0 Å². The van der Waals surface area contributed by atoms with E-state index in [1.165, 1.54) is 0 Å². The molecule has 0 radical (unpaired) electrons. The van der Waals surface area contributed by atoms with Gasteiger partial charge in [0, 0.05) is 23.1 Å². The quantitative estimate of drug-likeness (QED) is 0.271. The van der Waals surface area contributed by atoms with Crippen LogP contribution in [0.25, 0.3) is 0 Å². The zero-order chi connectivity index (χ0) is 25.3. The number of nitrogens with one attached hydrogen (secondary N) is 1. The molecule has 0 saturated carbocycles. The first-order valence-corrected chi connectivity index (χ1v) is 12.4. The van der Waals surface area contributed by atoms with Crippen LogP contribution in [0.1, 0.15) is 28.3 Å². The summed E-state index contributed by atoms with van der Waals surface area (Å²) in [5, 5.41) is 4.18. The number of amides is 2. The number of halogens is 2. The van der Waals surface area contributed by atoms with Crippen molar-refractivity contribution in [2.24, 2.45) is 0 Å². The molecule has 0 aromatic heterocycles. The van der Waals surface area contributed by atoms with Crippen LogP contribution in [-0.2, 0) is 29.1 Å². The molecule has 4 aromatic rings. The molecule has 0 saturated heterocycles. The Morgan fingerprint density at radius 1 is 0.722 bits per heavy atom. The third-order valence-corrected chi connectivity index (χ3v) is 6.49. The summed E-state index contributed by atoms with van der Waals surface area (Å²) in [6.45, 7) is 0.505. The third kappa shape index (κ3) is 6.75. The highest BCUT2D eigenvalue weighted by Crippen LogP contribution is 2.26. The Balaban J connectivity index is 1.67. The molecule has 4 aromatic carbocycles. The second-order valence-corrected chi connectivity index (χ2v) is 9.28. The molecule has 1 N–H and O–H groups in total. The average molecular weight is 517 g/mol. The number of nitrogens with zero attached hydrogens (tertiary/aromatic N) is 1. The van der Waals surface area contributed by atoms with Gasteiger partial charge in [-0.25, -0.2) is 0 Å². The monoisotopic (exact) mass is 516 g/mol. The highest BCUT2D eigenvalue weighted by atomic mass is 35.5. The second kappa shape index (κ2) is 12.4. The molecular formula is C30H26Cl2N2O2. The number of hydrogen-bond donors (Lipinski definition) is 1. The van der Waals surface area contributed by atoms with Crippen molar-refractivity contribution in [1.29, 1.82) is 0 Å². The maximum Gasteiger partial charge on any atom is 0.247 e. The summed E-state index contributed by atoms with van der Waals surface area (Å²) in [6, 6.07) is 32.7. The van der Waals surface area contributed by atoms with Crippen LogP contribution in [-0.4, -0.2) is 16.7 Å². The van der Waals surface area contributed by atoms with Crippen molar-refractivity contribution in [2.75, 3.05) is 0 Å². The minimum atomic E-state index is -0.833. The van der Waals surface area contributed by atoms with Crippen molar-refractivity contribution in [3.05, 3.63) is 141 Å². The smallest absolute Gasteiger partial charge is 0.247 e. The van der Waals surface area contributed by atoms with Crippen LogP contribution < -0.4 is 5.32 Å². The number of rotatable bonds is 9. The molecule has 0 bridgehead atoms. The van der Waals surface area contributed by atoms with E-state index in [1.807, 2.05) is 91.0 Å². The largest absolute Gasteiger partial charge is 0.350 e. The predicted octanol–water partition coefficient (Wildman–Crippen LogP) is 6.62. The van der Waals surface area contributed by atoms with Crippen LogP contribution in [0.5, 0.6) is 0 Å². The van der Waals surface area contributed by atoms with Crippen molar-refractivity contribution < 1.29 is 9.59 Å². The van der Waals surface area contributed by atoms with E-state index in [-0.39, 0.29) is 31.3 Å². The Morgan fingerprint density at radius 2 is 1.33 bits per heavy atom. The second-order valence-electron chi connectivity index (χ2n) is 8.43. The molecular weight excluding hydrogens is 491 g/mol. The van der Waals surface area contributed by atoms with Crippen molar-refractivity contribution in [2.45, 2.75) is 25.6 Å². The van der Waals surface area contributed by atoms with Gasteiger partial charge >= 0.3 is 0 Å². The van der Waals surface area contributed by atoms with Crippen LogP contribution in [0.3, 0.4) is 0 Å². The van der Waals surface area contributed by atoms with Gasteiger partial charge in [0.25, 0.3) is 0 Å². The summed E-state index contributed by atoms with van der Waals surface area (Å²) in [5.41, 5.74) is 3.29. The lowest BCUT2D eigenvalue weighted by Gasteiger charge is -2.32. The van der Waals surface area contributed by atoms with E-state index in [0.717, 1.165) is 22.3 Å². The van der Waals surface area contributed by atoms with Gasteiger partial charge in [0.05, 0.1) is 6.42 Å². The van der Waals surface area contributed by atoms with Crippen molar-refractivity contribution >= 4 is 35.0 Å². The van der Waals surface area contributed by atoms with Crippen LogP contribution in [0.2, 0.25) is 10.0 Å². The fraction of sp³-hybridized carbons (Fsp3) is 0.133. The molecule has 0 spiro atoms. The molecule has 182 valence electrons. The van der Waals surface area contributed by atoms with Gasteiger partial charge in [-0.15, -0.1) is 0 Å². The summed E-state index contributed by atoms with van der Waals surface area (Å²) in [6.07, 6.45) is 0.176. The van der Waals surface area contributed by atoms with Crippen molar-refractivity contribution in [3.63, 3.8) is 0 Å². The summed E-state index contributed by atoms with van der Waals surface area (Å²) in [7, 11) is 0. The molecule has 2 amide bonds. The number of carbonyl (C=O) groups excluding carboxylic acids is 2. The van der Waals surface area contributed by atoms with Gasteiger partial charge < -0.3 is 10.2 Å². The standard InChI is InChI=1S/C30H26Cl2N2O2/c31-26-17-15-23(16-18-26)21-34(28(35)19-22-9-3-1-4-10-22)29(24-11-5-2-6-12-24)30(36)33-20-25-13-7-8-14-27(25)32/h1-18,29H,19-21H2,(H,33,36). The van der Waals surface area contributed by atoms with Gasteiger partial charge in [-0.2, -0.15) is 0 Å². The van der Waals surface area contributed by atoms with E-state index >= 15 is 0 Å². The molecule has 4 nitrogen and oxygen atoms in total. The minimum absolute atomic E-state index is 0.155. The third-order valence-electron chi connectivity index (χ3n) is 5.87. The lowest BCUT2D eigenvalue weighted by Crippen LogP contribution is -2.43. The Kier molecular flexibility index (Phi) is 8.77. The maximum absolute atomic E-state index is 13.7.